The van der Waals surface area contributed by atoms with E-state index in [1.54, 1.807) is 0 Å². The van der Waals surface area contributed by atoms with Crippen LogP contribution in [0.5, 0.6) is 0 Å². The Bertz CT molecular complexity index is 2350. The van der Waals surface area contributed by atoms with Crippen molar-refractivity contribution in [1.82, 2.24) is 15.0 Å². The SMILES string of the molecule is [Se]c1c(-c2cccc(-c3ccc4ccccc4c3)c2)cccc1-c1nc(-c2ccccc2)nc(-c2ccc(-c3ccccc3)cc2)n1. The zero-order chi connectivity index (χ0) is 31.6. The van der Waals surface area contributed by atoms with E-state index in [0.717, 1.165) is 37.8 Å². The molecular formula is C43H28N3Se. The zero-order valence-electron chi connectivity index (χ0n) is 25.4. The molecule has 0 N–H and O–H groups in total. The second kappa shape index (κ2) is 12.6. The number of rotatable bonds is 6. The van der Waals surface area contributed by atoms with Crippen molar-refractivity contribution in [3.63, 3.8) is 0 Å². The number of benzene rings is 7. The predicted octanol–water partition coefficient (Wildman–Crippen LogP) is 9.82. The van der Waals surface area contributed by atoms with Gasteiger partial charge < -0.3 is 0 Å². The van der Waals surface area contributed by atoms with Crippen molar-refractivity contribution in [1.29, 1.82) is 0 Å². The molecule has 0 spiro atoms. The molecule has 0 aliphatic carbocycles. The number of fused-ring (bicyclic) bond motifs is 1. The number of aromatic nitrogens is 3. The van der Waals surface area contributed by atoms with Crippen LogP contribution in [0.25, 0.3) is 78.3 Å². The molecule has 3 nitrogen and oxygen atoms in total. The van der Waals surface area contributed by atoms with Crippen molar-refractivity contribution in [2.75, 3.05) is 0 Å². The third kappa shape index (κ3) is 5.89. The van der Waals surface area contributed by atoms with Crippen molar-refractivity contribution >= 4 is 31.2 Å². The fourth-order valence-electron chi connectivity index (χ4n) is 5.96. The van der Waals surface area contributed by atoms with Crippen LogP contribution in [0.15, 0.2) is 170 Å². The Morgan fingerprint density at radius 3 is 1.51 bits per heavy atom. The maximum absolute atomic E-state index is 5.05. The fourth-order valence-corrected chi connectivity index (χ4v) is 6.68. The van der Waals surface area contributed by atoms with Crippen LogP contribution >= 0.6 is 0 Å². The Morgan fingerprint density at radius 2 is 0.766 bits per heavy atom. The summed E-state index contributed by atoms with van der Waals surface area (Å²) in [5.74, 6) is 1.90. The number of hydrogen-bond donors (Lipinski definition) is 0. The van der Waals surface area contributed by atoms with Gasteiger partial charge in [0.15, 0.2) is 0 Å². The first-order valence-electron chi connectivity index (χ1n) is 15.6. The molecule has 7 aromatic carbocycles. The Kier molecular flexibility index (Phi) is 7.72. The molecule has 8 aromatic rings. The van der Waals surface area contributed by atoms with Gasteiger partial charge in [-0.15, -0.1) is 0 Å². The van der Waals surface area contributed by atoms with Gasteiger partial charge in [0.25, 0.3) is 0 Å². The van der Waals surface area contributed by atoms with E-state index in [2.05, 4.69) is 149 Å². The van der Waals surface area contributed by atoms with Crippen molar-refractivity contribution < 1.29 is 0 Å². The first-order valence-corrected chi connectivity index (χ1v) is 16.4. The number of hydrogen-bond acceptors (Lipinski definition) is 3. The van der Waals surface area contributed by atoms with Crippen molar-refractivity contribution in [3.8, 4) is 67.5 Å². The van der Waals surface area contributed by atoms with E-state index in [0.29, 0.717) is 17.5 Å². The van der Waals surface area contributed by atoms with Crippen molar-refractivity contribution in [2.24, 2.45) is 0 Å². The van der Waals surface area contributed by atoms with E-state index < -0.39 is 0 Å². The summed E-state index contributed by atoms with van der Waals surface area (Å²) in [6, 6.07) is 59.0. The van der Waals surface area contributed by atoms with Gasteiger partial charge in [-0.1, -0.05) is 6.07 Å². The average Bonchev–Trinajstić information content (AvgIpc) is 3.15. The van der Waals surface area contributed by atoms with Gasteiger partial charge in [0.2, 0.25) is 0 Å². The van der Waals surface area contributed by atoms with Crippen LogP contribution in [0, 0.1) is 0 Å². The molecule has 8 rings (SSSR count). The third-order valence-electron chi connectivity index (χ3n) is 8.43. The molecule has 47 heavy (non-hydrogen) atoms. The van der Waals surface area contributed by atoms with Crippen LogP contribution in [-0.4, -0.2) is 31.0 Å². The zero-order valence-corrected chi connectivity index (χ0v) is 27.1. The molecule has 0 unspecified atom stereocenters. The van der Waals surface area contributed by atoms with Crippen LogP contribution < -0.4 is 4.46 Å². The van der Waals surface area contributed by atoms with Crippen LogP contribution in [0.4, 0.5) is 0 Å². The summed E-state index contributed by atoms with van der Waals surface area (Å²) in [4.78, 5) is 15.0. The van der Waals surface area contributed by atoms with Gasteiger partial charge in [0, 0.05) is 0 Å². The topological polar surface area (TPSA) is 38.7 Å². The summed E-state index contributed by atoms with van der Waals surface area (Å²) >= 11 is 3.36. The second-order valence-corrected chi connectivity index (χ2v) is 12.3. The van der Waals surface area contributed by atoms with Gasteiger partial charge in [0.1, 0.15) is 0 Å². The monoisotopic (exact) mass is 666 g/mol. The summed E-state index contributed by atoms with van der Waals surface area (Å²) in [7, 11) is 0. The van der Waals surface area contributed by atoms with E-state index in [4.69, 9.17) is 15.0 Å². The van der Waals surface area contributed by atoms with E-state index in [9.17, 15) is 0 Å². The van der Waals surface area contributed by atoms with Gasteiger partial charge >= 0.3 is 278 Å². The van der Waals surface area contributed by atoms with Crippen molar-refractivity contribution in [3.05, 3.63) is 170 Å². The summed E-state index contributed by atoms with van der Waals surface area (Å²) in [6.07, 6.45) is 0. The minimum atomic E-state index is 0.627. The molecule has 0 atom stereocenters. The molecule has 0 aliphatic rings. The predicted molar refractivity (Wildman–Crippen MR) is 195 cm³/mol. The molecule has 0 amide bonds. The first-order chi connectivity index (χ1) is 23.2. The molecule has 1 heterocycles. The Hall–Kier alpha value is -5.67. The van der Waals surface area contributed by atoms with Gasteiger partial charge in [0.05, 0.1) is 0 Å². The molecule has 0 bridgehead atoms. The summed E-state index contributed by atoms with van der Waals surface area (Å²) in [6.45, 7) is 0. The Morgan fingerprint density at radius 1 is 0.298 bits per heavy atom. The molecule has 221 valence electrons. The van der Waals surface area contributed by atoms with Gasteiger partial charge in [-0.05, 0) is 0 Å². The quantitative estimate of drug-likeness (QED) is 0.166. The normalized spacial score (nSPS) is 11.1. The molecule has 1 aromatic heterocycles. The Balaban J connectivity index is 1.21. The molecule has 0 aliphatic heterocycles. The molecule has 0 saturated heterocycles. The van der Waals surface area contributed by atoms with Crippen LogP contribution in [-0.2, 0) is 0 Å². The van der Waals surface area contributed by atoms with Crippen molar-refractivity contribution in [2.45, 2.75) is 0 Å². The van der Waals surface area contributed by atoms with Crippen LogP contribution in [0.3, 0.4) is 0 Å². The second-order valence-electron chi connectivity index (χ2n) is 11.4. The van der Waals surface area contributed by atoms with E-state index in [-0.39, 0.29) is 0 Å². The summed E-state index contributed by atoms with van der Waals surface area (Å²) in [5.41, 5.74) is 9.72. The molecule has 0 saturated carbocycles. The standard InChI is InChI=1S/C43H28N3Se/c47-40-38(37-18-9-17-35(28-37)36-26-23-30-13-7-8-16-34(30)27-36)19-10-20-39(40)43-45-41(32-14-5-2-6-15-32)44-42(46-43)33-24-21-31(22-25-33)29-11-3-1-4-12-29/h1-28H. The van der Waals surface area contributed by atoms with E-state index in [1.165, 1.54) is 27.5 Å². The molecule has 0 fully saturated rings. The maximum atomic E-state index is 5.05. The molecule has 4 heteroatoms. The fraction of sp³-hybridized carbons (Fsp3) is 0. The first kappa shape index (κ1) is 28.8. The van der Waals surface area contributed by atoms with Crippen LogP contribution in [0.2, 0.25) is 0 Å². The van der Waals surface area contributed by atoms with Gasteiger partial charge in [-0.3, -0.25) is 0 Å². The average molecular weight is 666 g/mol. The molecular weight excluding hydrogens is 637 g/mol. The third-order valence-corrected chi connectivity index (χ3v) is 9.35. The van der Waals surface area contributed by atoms with Gasteiger partial charge in [-0.25, -0.2) is 0 Å². The van der Waals surface area contributed by atoms with Gasteiger partial charge in [-0.2, -0.15) is 0 Å². The van der Waals surface area contributed by atoms with Crippen LogP contribution in [0.1, 0.15) is 0 Å². The van der Waals surface area contributed by atoms with E-state index >= 15 is 0 Å². The molecule has 1 radical (unpaired) electrons. The number of nitrogens with zero attached hydrogens (tertiary/aromatic N) is 3. The summed E-state index contributed by atoms with van der Waals surface area (Å²) in [5, 5.41) is 2.47. The summed E-state index contributed by atoms with van der Waals surface area (Å²) < 4.78 is 0.999. The minimum absolute atomic E-state index is 0.627. The van der Waals surface area contributed by atoms with E-state index in [1.807, 2.05) is 36.4 Å². The Labute approximate surface area is 282 Å².